The average Bonchev–Trinajstić information content (AvgIpc) is 3.30. The average molecular weight is 762 g/mol. The van der Waals surface area contributed by atoms with Crippen molar-refractivity contribution >= 4 is 38.8 Å². The first kappa shape index (κ1) is 38.9. The Kier molecular flexibility index (Phi) is 12.2. The van der Waals surface area contributed by atoms with Crippen LogP contribution in [0.4, 0.5) is 0 Å². The van der Waals surface area contributed by atoms with Gasteiger partial charge in [-0.15, -0.1) is 0 Å². The Balaban J connectivity index is 1.15. The zero-order valence-electron chi connectivity index (χ0n) is 34.1. The van der Waals surface area contributed by atoms with E-state index >= 15 is 0 Å². The summed E-state index contributed by atoms with van der Waals surface area (Å²) in [5, 5.41) is 8.56. The van der Waals surface area contributed by atoms with Crippen LogP contribution in [0.1, 0.15) is 49.8 Å². The van der Waals surface area contributed by atoms with Gasteiger partial charge in [-0.2, -0.15) is 0 Å². The van der Waals surface area contributed by atoms with E-state index in [2.05, 4.69) is 244 Å². The van der Waals surface area contributed by atoms with Crippen LogP contribution in [0.2, 0.25) is 0 Å². The Morgan fingerprint density at radius 3 is 2.02 bits per heavy atom. The summed E-state index contributed by atoms with van der Waals surface area (Å²) in [6.07, 6.45) is 36.6. The third-order valence-corrected chi connectivity index (χ3v) is 11.4. The molecule has 0 radical (unpaired) electrons. The van der Waals surface area contributed by atoms with E-state index in [0.29, 0.717) is 0 Å². The minimum Gasteiger partial charge on any atom is -0.368 e. The molecule has 0 saturated heterocycles. The number of benzene rings is 6. The van der Waals surface area contributed by atoms with E-state index in [-0.39, 0.29) is 5.41 Å². The van der Waals surface area contributed by atoms with Crippen LogP contribution in [0.5, 0.6) is 0 Å². The molecule has 0 saturated carbocycles. The molecule has 0 bridgehead atoms. The fraction of sp³-hybridized carbons (Fsp3) is 0.103. The van der Waals surface area contributed by atoms with Gasteiger partial charge in [0.1, 0.15) is 0 Å². The van der Waals surface area contributed by atoms with Crippen molar-refractivity contribution in [2.45, 2.75) is 33.1 Å². The first-order valence-corrected chi connectivity index (χ1v) is 20.8. The quantitative estimate of drug-likeness (QED) is 0.122. The number of hydrogen-bond donors (Lipinski definition) is 1. The number of rotatable bonds is 12. The van der Waals surface area contributed by atoms with Gasteiger partial charge < -0.3 is 5.32 Å². The van der Waals surface area contributed by atoms with Gasteiger partial charge in [0.05, 0.1) is 0 Å². The van der Waals surface area contributed by atoms with Gasteiger partial charge >= 0.3 is 0 Å². The first-order chi connectivity index (χ1) is 29.1. The first-order valence-electron chi connectivity index (χ1n) is 20.8. The molecule has 0 heterocycles. The van der Waals surface area contributed by atoms with Gasteiger partial charge in [-0.3, -0.25) is 0 Å². The Hall–Kier alpha value is -6.96. The van der Waals surface area contributed by atoms with Gasteiger partial charge in [0, 0.05) is 17.8 Å². The lowest BCUT2D eigenvalue weighted by Gasteiger charge is -2.32. The Morgan fingerprint density at radius 2 is 1.32 bits per heavy atom. The summed E-state index contributed by atoms with van der Waals surface area (Å²) in [6.45, 7) is 4.43. The fourth-order valence-corrected chi connectivity index (χ4v) is 8.23. The van der Waals surface area contributed by atoms with E-state index in [1.807, 2.05) is 6.20 Å². The molecule has 6 aromatic rings. The summed E-state index contributed by atoms with van der Waals surface area (Å²) in [7, 11) is 0. The normalized spacial score (nSPS) is 17.7. The summed E-state index contributed by atoms with van der Waals surface area (Å²) < 4.78 is 0. The SMILES string of the molecule is C\C=C/C(=C\C=C\N/C=C/C(=C(\C=C/c1ccc(-c2cccc3ccccc23)cc1)C1=CCCC=C1)C1(C)C=CC(c2cccc3ccccc23)=CC1)c1ccccc1. The third kappa shape index (κ3) is 9.12. The number of hydrogen-bond acceptors (Lipinski definition) is 1. The van der Waals surface area contributed by atoms with Crippen molar-refractivity contribution in [1.29, 1.82) is 0 Å². The number of allylic oxidation sites excluding steroid dienone is 17. The van der Waals surface area contributed by atoms with E-state index < -0.39 is 0 Å². The summed E-state index contributed by atoms with van der Waals surface area (Å²) in [6, 6.07) is 50.0. The molecular weight excluding hydrogens is 711 g/mol. The number of fused-ring (bicyclic) bond motifs is 2. The van der Waals surface area contributed by atoms with Crippen molar-refractivity contribution in [1.82, 2.24) is 5.32 Å². The standard InChI is InChI=1S/C58H51N/c1-3-17-45(46-18-6-4-7-19-46)26-16-42-59-43-39-57(58(2)40-37-51(38-41-58)55-30-15-25-48-23-11-13-28-53(48)55)56(49-20-8-5-9-21-49)36-33-44-31-34-50(35-32-44)54-29-14-24-47-22-10-12-27-52(47)54/h3-4,6-8,10-40,42-43,59H,5,9,41H2,1-2H3/b17-3-,36-33-,42-16+,43-39+,45-26+,57-56-. The smallest absolute Gasteiger partial charge is 0.0148 e. The predicted molar refractivity (Wildman–Crippen MR) is 256 cm³/mol. The van der Waals surface area contributed by atoms with E-state index in [4.69, 9.17) is 0 Å². The lowest BCUT2D eigenvalue weighted by Crippen LogP contribution is -2.19. The third-order valence-electron chi connectivity index (χ3n) is 11.4. The maximum Gasteiger partial charge on any atom is 0.0148 e. The molecular formula is C58H51N. The van der Waals surface area contributed by atoms with Crippen molar-refractivity contribution < 1.29 is 0 Å². The molecule has 59 heavy (non-hydrogen) atoms. The highest BCUT2D eigenvalue weighted by Gasteiger charge is 2.29. The largest absolute Gasteiger partial charge is 0.368 e. The fourth-order valence-electron chi connectivity index (χ4n) is 8.23. The molecule has 1 unspecified atom stereocenters. The Labute approximate surface area is 350 Å². The topological polar surface area (TPSA) is 12.0 Å². The van der Waals surface area contributed by atoms with Crippen LogP contribution in [0.3, 0.4) is 0 Å². The molecule has 1 nitrogen and oxygen atoms in total. The second-order valence-electron chi connectivity index (χ2n) is 15.4. The summed E-state index contributed by atoms with van der Waals surface area (Å²) in [5.41, 5.74) is 12.0. The molecule has 288 valence electrons. The van der Waals surface area contributed by atoms with Gasteiger partial charge in [-0.1, -0.05) is 213 Å². The van der Waals surface area contributed by atoms with Crippen LogP contribution in [0.15, 0.2) is 242 Å². The van der Waals surface area contributed by atoms with Gasteiger partial charge in [0.2, 0.25) is 0 Å². The molecule has 0 fully saturated rings. The van der Waals surface area contributed by atoms with Gasteiger partial charge in [0.25, 0.3) is 0 Å². The lowest BCUT2D eigenvalue weighted by molar-refractivity contribution is 0.528. The van der Waals surface area contributed by atoms with Crippen LogP contribution >= 0.6 is 0 Å². The summed E-state index contributed by atoms with van der Waals surface area (Å²) in [5.74, 6) is 0. The molecule has 0 aliphatic heterocycles. The minimum absolute atomic E-state index is 0.258. The summed E-state index contributed by atoms with van der Waals surface area (Å²) in [4.78, 5) is 0. The second kappa shape index (κ2) is 18.5. The zero-order chi connectivity index (χ0) is 40.3. The van der Waals surface area contributed by atoms with Crippen molar-refractivity contribution in [3.05, 3.63) is 258 Å². The van der Waals surface area contributed by atoms with Gasteiger partial charge in [0.15, 0.2) is 0 Å². The Morgan fingerprint density at radius 1 is 0.627 bits per heavy atom. The van der Waals surface area contributed by atoms with Crippen molar-refractivity contribution in [2.24, 2.45) is 5.41 Å². The monoisotopic (exact) mass is 761 g/mol. The van der Waals surface area contributed by atoms with Crippen molar-refractivity contribution in [3.8, 4) is 11.1 Å². The van der Waals surface area contributed by atoms with Crippen LogP contribution in [-0.4, -0.2) is 0 Å². The van der Waals surface area contributed by atoms with Crippen molar-refractivity contribution in [2.75, 3.05) is 0 Å². The molecule has 1 heteroatoms. The van der Waals surface area contributed by atoms with Crippen molar-refractivity contribution in [3.63, 3.8) is 0 Å². The molecule has 8 rings (SSSR count). The van der Waals surface area contributed by atoms with Crippen LogP contribution in [-0.2, 0) is 0 Å². The maximum atomic E-state index is 3.48. The molecule has 0 aromatic heterocycles. The highest BCUT2D eigenvalue weighted by Crippen LogP contribution is 2.44. The van der Waals surface area contributed by atoms with Gasteiger partial charge in [-0.25, -0.2) is 0 Å². The highest BCUT2D eigenvalue weighted by atomic mass is 14.8. The van der Waals surface area contributed by atoms with E-state index in [9.17, 15) is 0 Å². The van der Waals surface area contributed by atoms with E-state index in [1.165, 1.54) is 71.7 Å². The zero-order valence-corrected chi connectivity index (χ0v) is 34.1. The van der Waals surface area contributed by atoms with Crippen LogP contribution < -0.4 is 5.32 Å². The molecule has 2 aliphatic rings. The lowest BCUT2D eigenvalue weighted by atomic mass is 9.71. The van der Waals surface area contributed by atoms with E-state index in [0.717, 1.165) is 24.8 Å². The van der Waals surface area contributed by atoms with Crippen LogP contribution in [0, 0.1) is 5.41 Å². The molecule has 6 aromatic carbocycles. The molecule has 1 N–H and O–H groups in total. The van der Waals surface area contributed by atoms with E-state index in [1.54, 1.807) is 0 Å². The second-order valence-corrected chi connectivity index (χ2v) is 15.4. The molecule has 0 spiro atoms. The molecule has 1 atom stereocenters. The minimum atomic E-state index is -0.258. The molecule has 2 aliphatic carbocycles. The van der Waals surface area contributed by atoms with Gasteiger partial charge in [-0.05, 0) is 116 Å². The van der Waals surface area contributed by atoms with Crippen LogP contribution in [0.25, 0.3) is 49.9 Å². The predicted octanol–water partition coefficient (Wildman–Crippen LogP) is 15.6. The number of nitrogens with one attached hydrogen (secondary N) is 1. The Bertz CT molecular complexity index is 2750. The molecule has 0 amide bonds. The summed E-state index contributed by atoms with van der Waals surface area (Å²) >= 11 is 0. The highest BCUT2D eigenvalue weighted by molar-refractivity contribution is 5.97. The maximum absolute atomic E-state index is 3.48.